The highest BCUT2D eigenvalue weighted by Crippen LogP contribution is 2.29. The average Bonchev–Trinajstić information content (AvgIpc) is 2.70. The Kier molecular flexibility index (Phi) is 6.13. The molecule has 3 N–H and O–H groups in total. The molecule has 3 heteroatoms. The maximum atomic E-state index is 12.0. The molecule has 1 unspecified atom stereocenters. The molecule has 1 saturated carbocycles. The fraction of sp³-hybridized carbons (Fsp3) is 0.933. The summed E-state index contributed by atoms with van der Waals surface area (Å²) in [7, 11) is 0. The predicted octanol–water partition coefficient (Wildman–Crippen LogP) is 2.84. The van der Waals surface area contributed by atoms with E-state index in [1.165, 1.54) is 12.8 Å². The highest BCUT2D eigenvalue weighted by molar-refractivity contribution is 5.76. The van der Waals surface area contributed by atoms with Crippen molar-refractivity contribution in [3.8, 4) is 0 Å². The number of nitrogens with one attached hydrogen (secondary N) is 1. The van der Waals surface area contributed by atoms with E-state index in [4.69, 9.17) is 5.73 Å². The lowest BCUT2D eigenvalue weighted by molar-refractivity contribution is -0.123. The number of nitrogens with two attached hydrogens (primary N) is 1. The number of hydrogen-bond acceptors (Lipinski definition) is 2. The number of amides is 1. The van der Waals surface area contributed by atoms with Crippen molar-refractivity contribution in [2.75, 3.05) is 6.54 Å². The number of carbonyl (C=O) groups is 1. The van der Waals surface area contributed by atoms with Crippen LogP contribution < -0.4 is 11.1 Å². The lowest BCUT2D eigenvalue weighted by atomic mass is 9.88. The van der Waals surface area contributed by atoms with E-state index in [-0.39, 0.29) is 11.4 Å². The summed E-state index contributed by atoms with van der Waals surface area (Å²) in [6.07, 6.45) is 7.42. The van der Waals surface area contributed by atoms with Crippen molar-refractivity contribution in [3.63, 3.8) is 0 Å². The third-order valence-electron chi connectivity index (χ3n) is 4.37. The highest BCUT2D eigenvalue weighted by Gasteiger charge is 2.30. The van der Waals surface area contributed by atoms with Crippen molar-refractivity contribution >= 4 is 5.91 Å². The minimum Gasteiger partial charge on any atom is -0.351 e. The number of rotatable bonds is 7. The number of hydrogen-bond donors (Lipinski definition) is 2. The van der Waals surface area contributed by atoms with Crippen LogP contribution in [0.25, 0.3) is 0 Å². The molecule has 1 amide bonds. The third-order valence-corrected chi connectivity index (χ3v) is 4.37. The molecule has 0 aromatic carbocycles. The van der Waals surface area contributed by atoms with E-state index in [2.05, 4.69) is 26.1 Å². The lowest BCUT2D eigenvalue weighted by Crippen LogP contribution is -2.43. The van der Waals surface area contributed by atoms with Crippen LogP contribution in [-0.4, -0.2) is 18.0 Å². The van der Waals surface area contributed by atoms with Gasteiger partial charge in [0.2, 0.25) is 5.91 Å². The van der Waals surface area contributed by atoms with Crippen LogP contribution in [0.4, 0.5) is 0 Å². The maximum Gasteiger partial charge on any atom is 0.220 e. The topological polar surface area (TPSA) is 55.1 Å². The minimum atomic E-state index is 0.0677. The molecule has 0 spiro atoms. The first-order valence-electron chi connectivity index (χ1n) is 7.48. The SMILES string of the molecule is CC(C)C(CCN)CCC(=O)NC1(C)CCCC1. The molecule has 0 saturated heterocycles. The molecule has 1 aliphatic carbocycles. The van der Waals surface area contributed by atoms with E-state index in [1.807, 2.05) is 0 Å². The molecular formula is C15H30N2O. The van der Waals surface area contributed by atoms with Gasteiger partial charge < -0.3 is 11.1 Å². The molecule has 0 aliphatic heterocycles. The first-order chi connectivity index (χ1) is 8.47. The van der Waals surface area contributed by atoms with E-state index in [0.29, 0.717) is 18.3 Å². The second-order valence-electron chi connectivity index (χ2n) is 6.44. The van der Waals surface area contributed by atoms with Gasteiger partial charge >= 0.3 is 0 Å². The highest BCUT2D eigenvalue weighted by atomic mass is 16.1. The Labute approximate surface area is 112 Å². The molecule has 0 bridgehead atoms. The second-order valence-corrected chi connectivity index (χ2v) is 6.44. The standard InChI is InChI=1S/C15H30N2O/c1-12(2)13(8-11-16)6-7-14(18)17-15(3)9-4-5-10-15/h12-13H,4-11,16H2,1-3H3,(H,17,18). The molecule has 0 aromatic rings. The molecule has 106 valence electrons. The Balaban J connectivity index is 2.31. The van der Waals surface area contributed by atoms with Gasteiger partial charge in [-0.1, -0.05) is 26.7 Å². The van der Waals surface area contributed by atoms with E-state index < -0.39 is 0 Å². The second kappa shape index (κ2) is 7.13. The first kappa shape index (κ1) is 15.5. The van der Waals surface area contributed by atoms with Crippen molar-refractivity contribution in [1.82, 2.24) is 5.32 Å². The Bertz CT molecular complexity index is 257. The van der Waals surface area contributed by atoms with Gasteiger partial charge in [-0.2, -0.15) is 0 Å². The van der Waals surface area contributed by atoms with Gasteiger partial charge in [-0.3, -0.25) is 4.79 Å². The molecule has 0 aromatic heterocycles. The molecule has 0 radical (unpaired) electrons. The summed E-state index contributed by atoms with van der Waals surface area (Å²) in [6, 6.07) is 0. The van der Waals surface area contributed by atoms with Crippen molar-refractivity contribution in [1.29, 1.82) is 0 Å². The molecule has 1 rings (SSSR count). The van der Waals surface area contributed by atoms with Crippen molar-refractivity contribution in [2.24, 2.45) is 17.6 Å². The van der Waals surface area contributed by atoms with Crippen LogP contribution in [0.2, 0.25) is 0 Å². The summed E-state index contributed by atoms with van der Waals surface area (Å²) >= 11 is 0. The quantitative estimate of drug-likeness (QED) is 0.734. The molecular weight excluding hydrogens is 224 g/mol. The minimum absolute atomic E-state index is 0.0677. The summed E-state index contributed by atoms with van der Waals surface area (Å²) < 4.78 is 0. The molecule has 0 heterocycles. The van der Waals surface area contributed by atoms with E-state index in [9.17, 15) is 4.79 Å². The van der Waals surface area contributed by atoms with Gasteiger partial charge in [-0.05, 0) is 51.0 Å². The summed E-state index contributed by atoms with van der Waals surface area (Å²) in [6.45, 7) is 7.34. The van der Waals surface area contributed by atoms with Crippen LogP contribution >= 0.6 is 0 Å². The van der Waals surface area contributed by atoms with Crippen LogP contribution in [0.5, 0.6) is 0 Å². The first-order valence-corrected chi connectivity index (χ1v) is 7.48. The third kappa shape index (κ3) is 4.97. The van der Waals surface area contributed by atoms with Crippen LogP contribution in [0.3, 0.4) is 0 Å². The largest absolute Gasteiger partial charge is 0.351 e. The van der Waals surface area contributed by atoms with Gasteiger partial charge in [0.15, 0.2) is 0 Å². The smallest absolute Gasteiger partial charge is 0.220 e. The van der Waals surface area contributed by atoms with Crippen LogP contribution in [0, 0.1) is 11.8 Å². The van der Waals surface area contributed by atoms with Gasteiger partial charge in [0, 0.05) is 12.0 Å². The Hall–Kier alpha value is -0.570. The zero-order chi connectivity index (χ0) is 13.6. The maximum absolute atomic E-state index is 12.0. The molecule has 1 fully saturated rings. The fourth-order valence-electron chi connectivity index (χ4n) is 3.02. The van der Waals surface area contributed by atoms with Crippen molar-refractivity contribution < 1.29 is 4.79 Å². The Morgan fingerprint density at radius 3 is 2.39 bits per heavy atom. The Morgan fingerprint density at radius 1 is 1.28 bits per heavy atom. The summed E-state index contributed by atoms with van der Waals surface area (Å²) in [5, 5.41) is 3.22. The number of carbonyl (C=O) groups excluding carboxylic acids is 1. The average molecular weight is 254 g/mol. The van der Waals surface area contributed by atoms with E-state index >= 15 is 0 Å². The van der Waals surface area contributed by atoms with E-state index in [0.717, 1.165) is 32.2 Å². The fourth-order valence-corrected chi connectivity index (χ4v) is 3.02. The van der Waals surface area contributed by atoms with Crippen molar-refractivity contribution in [3.05, 3.63) is 0 Å². The van der Waals surface area contributed by atoms with E-state index in [1.54, 1.807) is 0 Å². The Morgan fingerprint density at radius 2 is 1.89 bits per heavy atom. The van der Waals surface area contributed by atoms with Gasteiger partial charge in [-0.25, -0.2) is 0 Å². The molecule has 1 aliphatic rings. The molecule has 18 heavy (non-hydrogen) atoms. The van der Waals surface area contributed by atoms with Crippen LogP contribution in [-0.2, 0) is 4.79 Å². The molecule has 3 nitrogen and oxygen atoms in total. The van der Waals surface area contributed by atoms with Crippen LogP contribution in [0.15, 0.2) is 0 Å². The lowest BCUT2D eigenvalue weighted by Gasteiger charge is -2.26. The monoisotopic (exact) mass is 254 g/mol. The summed E-state index contributed by atoms with van der Waals surface area (Å²) in [5.74, 6) is 1.42. The van der Waals surface area contributed by atoms with Gasteiger partial charge in [-0.15, -0.1) is 0 Å². The molecule has 1 atom stereocenters. The van der Waals surface area contributed by atoms with Crippen molar-refractivity contribution in [2.45, 2.75) is 71.3 Å². The summed E-state index contributed by atoms with van der Waals surface area (Å²) in [4.78, 5) is 12.0. The zero-order valence-electron chi connectivity index (χ0n) is 12.3. The predicted molar refractivity (Wildman–Crippen MR) is 76.2 cm³/mol. The zero-order valence-corrected chi connectivity index (χ0v) is 12.3. The van der Waals surface area contributed by atoms with Gasteiger partial charge in [0.25, 0.3) is 0 Å². The van der Waals surface area contributed by atoms with Gasteiger partial charge in [0.1, 0.15) is 0 Å². The van der Waals surface area contributed by atoms with Crippen LogP contribution in [0.1, 0.15) is 65.7 Å². The normalized spacial score (nSPS) is 20.1. The summed E-state index contributed by atoms with van der Waals surface area (Å²) in [5.41, 5.74) is 5.69. The van der Waals surface area contributed by atoms with Gasteiger partial charge in [0.05, 0.1) is 0 Å².